The number of carbonyl (C=O) groups excluding carboxylic acids is 1. The van der Waals surface area contributed by atoms with Crippen molar-refractivity contribution in [1.82, 2.24) is 25.1 Å². The third-order valence-electron chi connectivity index (χ3n) is 5.33. The number of tetrazole rings is 1. The molecule has 4 aromatic rings. The first kappa shape index (κ1) is 19.1. The molecule has 0 saturated heterocycles. The van der Waals surface area contributed by atoms with E-state index in [-0.39, 0.29) is 11.9 Å². The normalized spacial score (nSPS) is 15.9. The van der Waals surface area contributed by atoms with Crippen molar-refractivity contribution in [1.29, 1.82) is 0 Å². The highest BCUT2D eigenvalue weighted by atomic mass is 32.1. The molecule has 0 spiro atoms. The van der Waals surface area contributed by atoms with Crippen LogP contribution in [0.25, 0.3) is 11.4 Å². The molecule has 0 N–H and O–H groups in total. The van der Waals surface area contributed by atoms with E-state index in [1.165, 1.54) is 15.3 Å². The second-order valence-electron chi connectivity index (χ2n) is 7.23. The Labute approximate surface area is 182 Å². The fraction of sp³-hybridized carbons (Fsp3) is 0.273. The van der Waals surface area contributed by atoms with Crippen LogP contribution < -0.4 is 0 Å². The van der Waals surface area contributed by atoms with Crippen molar-refractivity contribution in [3.63, 3.8) is 0 Å². The monoisotopic (exact) mass is 435 g/mol. The van der Waals surface area contributed by atoms with Crippen LogP contribution in [-0.2, 0) is 17.8 Å². The standard InChI is InChI=1S/C22H21N5OS2/c28-20(9-4-12-27-24-22(23-25-27)16-6-2-1-3-7-16)26-13-10-18-17(11-15-30-18)21(26)19-8-5-14-29-19/h1-3,5-8,11,14-15,21H,4,9-10,12-13H2. The van der Waals surface area contributed by atoms with Gasteiger partial charge >= 0.3 is 0 Å². The average Bonchev–Trinajstić information content (AvgIpc) is 3.55. The Hall–Kier alpha value is -2.84. The van der Waals surface area contributed by atoms with Gasteiger partial charge in [0.2, 0.25) is 11.7 Å². The fourth-order valence-electron chi connectivity index (χ4n) is 3.89. The van der Waals surface area contributed by atoms with Gasteiger partial charge in [-0.1, -0.05) is 36.4 Å². The first-order valence-electron chi connectivity index (χ1n) is 10.0. The zero-order valence-electron chi connectivity index (χ0n) is 16.3. The van der Waals surface area contributed by atoms with Crippen LogP contribution in [-0.4, -0.2) is 37.6 Å². The topological polar surface area (TPSA) is 63.9 Å². The van der Waals surface area contributed by atoms with E-state index in [4.69, 9.17) is 0 Å². The second kappa shape index (κ2) is 8.49. The lowest BCUT2D eigenvalue weighted by Gasteiger charge is -2.35. The number of fused-ring (bicyclic) bond motifs is 1. The van der Waals surface area contributed by atoms with E-state index in [0.29, 0.717) is 25.2 Å². The van der Waals surface area contributed by atoms with Gasteiger partial charge in [-0.2, -0.15) is 4.80 Å². The molecular weight excluding hydrogens is 414 g/mol. The molecule has 152 valence electrons. The maximum absolute atomic E-state index is 13.1. The van der Waals surface area contributed by atoms with E-state index in [2.05, 4.69) is 44.4 Å². The number of carbonyl (C=O) groups is 1. The molecule has 0 saturated carbocycles. The minimum absolute atomic E-state index is 0.0432. The summed E-state index contributed by atoms with van der Waals surface area (Å²) in [7, 11) is 0. The SMILES string of the molecule is O=C(CCCn1nnc(-c2ccccc2)n1)N1CCc2sccc2C1c1cccs1. The first-order valence-corrected chi connectivity index (χ1v) is 11.8. The molecule has 1 aliphatic rings. The van der Waals surface area contributed by atoms with Gasteiger partial charge in [0, 0.05) is 28.3 Å². The van der Waals surface area contributed by atoms with Crippen LogP contribution in [0.3, 0.4) is 0 Å². The number of rotatable bonds is 6. The van der Waals surface area contributed by atoms with Gasteiger partial charge < -0.3 is 4.90 Å². The highest BCUT2D eigenvalue weighted by Crippen LogP contribution is 2.39. The number of hydrogen-bond acceptors (Lipinski definition) is 6. The van der Waals surface area contributed by atoms with Crippen molar-refractivity contribution in [2.24, 2.45) is 0 Å². The number of aryl methyl sites for hydroxylation is 1. The van der Waals surface area contributed by atoms with E-state index >= 15 is 0 Å². The summed E-state index contributed by atoms with van der Waals surface area (Å²) in [4.78, 5) is 19.4. The van der Waals surface area contributed by atoms with Crippen molar-refractivity contribution in [3.8, 4) is 11.4 Å². The molecule has 5 rings (SSSR count). The molecule has 0 radical (unpaired) electrons. The lowest BCUT2D eigenvalue weighted by atomic mass is 9.98. The molecule has 1 amide bonds. The van der Waals surface area contributed by atoms with Gasteiger partial charge in [0.25, 0.3) is 0 Å². The maximum Gasteiger partial charge on any atom is 0.223 e. The van der Waals surface area contributed by atoms with Gasteiger partial charge in [-0.15, -0.1) is 32.9 Å². The van der Waals surface area contributed by atoms with Gasteiger partial charge in [-0.25, -0.2) is 0 Å². The molecule has 3 aromatic heterocycles. The zero-order valence-corrected chi connectivity index (χ0v) is 18.0. The van der Waals surface area contributed by atoms with Gasteiger partial charge in [0.15, 0.2) is 0 Å². The first-order chi connectivity index (χ1) is 14.8. The lowest BCUT2D eigenvalue weighted by molar-refractivity contribution is -0.133. The molecule has 1 unspecified atom stereocenters. The van der Waals surface area contributed by atoms with Crippen molar-refractivity contribution in [2.45, 2.75) is 31.8 Å². The van der Waals surface area contributed by atoms with E-state index in [1.807, 2.05) is 35.2 Å². The van der Waals surface area contributed by atoms with Crippen LogP contribution in [0.2, 0.25) is 0 Å². The number of thiophene rings is 2. The number of aromatic nitrogens is 4. The minimum Gasteiger partial charge on any atom is -0.330 e. The Morgan fingerprint density at radius 2 is 1.97 bits per heavy atom. The Kier molecular flexibility index (Phi) is 5.42. The maximum atomic E-state index is 13.1. The van der Waals surface area contributed by atoms with Crippen LogP contribution in [0.4, 0.5) is 0 Å². The van der Waals surface area contributed by atoms with Crippen LogP contribution in [0.1, 0.15) is 34.2 Å². The number of amides is 1. The van der Waals surface area contributed by atoms with E-state index in [1.54, 1.807) is 27.5 Å². The summed E-state index contributed by atoms with van der Waals surface area (Å²) >= 11 is 3.51. The molecule has 0 bridgehead atoms. The summed E-state index contributed by atoms with van der Waals surface area (Å²) in [6, 6.07) is 16.2. The molecule has 6 nitrogen and oxygen atoms in total. The minimum atomic E-state index is 0.0432. The van der Waals surface area contributed by atoms with Gasteiger partial charge in [0.05, 0.1) is 12.6 Å². The molecule has 4 heterocycles. The average molecular weight is 436 g/mol. The summed E-state index contributed by atoms with van der Waals surface area (Å²) < 4.78 is 0. The Morgan fingerprint density at radius 1 is 1.07 bits per heavy atom. The number of hydrogen-bond donors (Lipinski definition) is 0. The van der Waals surface area contributed by atoms with Crippen LogP contribution in [0.15, 0.2) is 59.3 Å². The third kappa shape index (κ3) is 3.80. The highest BCUT2D eigenvalue weighted by Gasteiger charge is 2.33. The summed E-state index contributed by atoms with van der Waals surface area (Å²) in [5.41, 5.74) is 2.23. The van der Waals surface area contributed by atoms with Crippen molar-refractivity contribution >= 4 is 28.6 Å². The largest absolute Gasteiger partial charge is 0.330 e. The quantitative estimate of drug-likeness (QED) is 0.450. The van der Waals surface area contributed by atoms with E-state index < -0.39 is 0 Å². The Morgan fingerprint density at radius 3 is 2.80 bits per heavy atom. The van der Waals surface area contributed by atoms with Gasteiger partial charge in [-0.3, -0.25) is 4.79 Å². The van der Waals surface area contributed by atoms with Crippen molar-refractivity contribution in [2.75, 3.05) is 6.54 Å². The van der Waals surface area contributed by atoms with Crippen molar-refractivity contribution < 1.29 is 4.79 Å². The van der Waals surface area contributed by atoms with Crippen LogP contribution in [0, 0.1) is 0 Å². The Bertz CT molecular complexity index is 1120. The smallest absolute Gasteiger partial charge is 0.223 e. The lowest BCUT2D eigenvalue weighted by Crippen LogP contribution is -2.39. The van der Waals surface area contributed by atoms with Gasteiger partial charge in [-0.05, 0) is 46.5 Å². The number of benzene rings is 1. The second-order valence-corrected chi connectivity index (χ2v) is 9.21. The molecule has 1 aromatic carbocycles. The highest BCUT2D eigenvalue weighted by molar-refractivity contribution is 7.10. The van der Waals surface area contributed by atoms with Crippen molar-refractivity contribution in [3.05, 3.63) is 74.6 Å². The van der Waals surface area contributed by atoms with E-state index in [9.17, 15) is 4.79 Å². The van der Waals surface area contributed by atoms with Crippen LogP contribution in [0.5, 0.6) is 0 Å². The summed E-state index contributed by atoms with van der Waals surface area (Å²) in [5.74, 6) is 0.800. The molecule has 1 atom stereocenters. The number of nitrogens with zero attached hydrogens (tertiary/aromatic N) is 5. The molecule has 0 fully saturated rings. The summed E-state index contributed by atoms with van der Waals surface area (Å²) in [6.45, 7) is 1.35. The molecule has 0 aliphatic carbocycles. The molecule has 8 heteroatoms. The third-order valence-corrected chi connectivity index (χ3v) is 7.25. The Balaban J connectivity index is 1.24. The van der Waals surface area contributed by atoms with Gasteiger partial charge in [0.1, 0.15) is 0 Å². The molecule has 30 heavy (non-hydrogen) atoms. The zero-order chi connectivity index (χ0) is 20.3. The summed E-state index contributed by atoms with van der Waals surface area (Å²) in [6.07, 6.45) is 2.10. The molecule has 1 aliphatic heterocycles. The summed E-state index contributed by atoms with van der Waals surface area (Å²) in [5, 5.41) is 16.9. The predicted octanol–water partition coefficient (Wildman–Crippen LogP) is 4.42. The predicted molar refractivity (Wildman–Crippen MR) is 118 cm³/mol. The fourth-order valence-corrected chi connectivity index (χ4v) is 5.65. The van der Waals surface area contributed by atoms with Crippen LogP contribution >= 0.6 is 22.7 Å². The molecular formula is C22H21N5OS2. The van der Waals surface area contributed by atoms with E-state index in [0.717, 1.165) is 18.5 Å².